The molecule has 0 aliphatic carbocycles. The molecular formula is C12H21N3O. The normalized spacial score (nSPS) is 21.1. The third-order valence-electron chi connectivity index (χ3n) is 3.15. The second-order valence-corrected chi connectivity index (χ2v) is 4.40. The van der Waals surface area contributed by atoms with Crippen molar-refractivity contribution in [1.29, 1.82) is 0 Å². The number of piperidine rings is 1. The first kappa shape index (κ1) is 11.5. The van der Waals surface area contributed by atoms with E-state index in [4.69, 9.17) is 4.74 Å². The summed E-state index contributed by atoms with van der Waals surface area (Å²) < 4.78 is 8.05. The molecule has 1 aromatic rings. The zero-order valence-electron chi connectivity index (χ0n) is 10.4. The summed E-state index contributed by atoms with van der Waals surface area (Å²) in [7, 11) is 0. The van der Waals surface area contributed by atoms with Crippen molar-refractivity contribution in [3.05, 3.63) is 11.4 Å². The Morgan fingerprint density at radius 2 is 2.31 bits per heavy atom. The predicted molar refractivity (Wildman–Crippen MR) is 63.9 cm³/mol. The summed E-state index contributed by atoms with van der Waals surface area (Å²) in [5.41, 5.74) is 2.15. The number of aromatic nitrogens is 2. The Morgan fingerprint density at radius 3 is 2.88 bits per heavy atom. The third kappa shape index (κ3) is 2.21. The van der Waals surface area contributed by atoms with E-state index in [1.807, 2.05) is 11.6 Å². The Kier molecular flexibility index (Phi) is 3.49. The molecule has 0 bridgehead atoms. The van der Waals surface area contributed by atoms with E-state index in [0.717, 1.165) is 43.2 Å². The van der Waals surface area contributed by atoms with Gasteiger partial charge in [0.15, 0.2) is 5.75 Å². The van der Waals surface area contributed by atoms with E-state index in [2.05, 4.69) is 24.3 Å². The van der Waals surface area contributed by atoms with E-state index in [0.29, 0.717) is 6.10 Å². The van der Waals surface area contributed by atoms with Crippen LogP contribution in [0.2, 0.25) is 0 Å². The van der Waals surface area contributed by atoms with Gasteiger partial charge in [-0.25, -0.2) is 0 Å². The fourth-order valence-electron chi connectivity index (χ4n) is 2.25. The van der Waals surface area contributed by atoms with Crippen molar-refractivity contribution in [2.75, 3.05) is 13.1 Å². The first-order valence-corrected chi connectivity index (χ1v) is 6.13. The number of ether oxygens (including phenoxy) is 1. The highest BCUT2D eigenvalue weighted by atomic mass is 16.5. The Bertz CT molecular complexity index is 353. The SMILES string of the molecule is CCn1nc(C)c(OC2CCCNC2)c1C. The molecule has 0 amide bonds. The van der Waals surface area contributed by atoms with Gasteiger partial charge in [0, 0.05) is 13.1 Å². The van der Waals surface area contributed by atoms with Crippen molar-refractivity contribution in [2.45, 2.75) is 46.3 Å². The van der Waals surface area contributed by atoms with Crippen LogP contribution in [0.1, 0.15) is 31.2 Å². The molecule has 0 radical (unpaired) electrons. The van der Waals surface area contributed by atoms with E-state index in [-0.39, 0.29) is 0 Å². The van der Waals surface area contributed by atoms with Gasteiger partial charge in [-0.3, -0.25) is 4.68 Å². The number of nitrogens with zero attached hydrogens (tertiary/aromatic N) is 2. The van der Waals surface area contributed by atoms with E-state index in [1.54, 1.807) is 0 Å². The lowest BCUT2D eigenvalue weighted by atomic mass is 10.1. The Morgan fingerprint density at radius 1 is 1.50 bits per heavy atom. The summed E-state index contributed by atoms with van der Waals surface area (Å²) in [5.74, 6) is 0.982. The van der Waals surface area contributed by atoms with Crippen LogP contribution in [0.15, 0.2) is 0 Å². The van der Waals surface area contributed by atoms with Crippen LogP contribution < -0.4 is 10.1 Å². The van der Waals surface area contributed by atoms with Gasteiger partial charge in [-0.1, -0.05) is 0 Å². The van der Waals surface area contributed by atoms with E-state index in [9.17, 15) is 0 Å². The van der Waals surface area contributed by atoms with Gasteiger partial charge in [0.25, 0.3) is 0 Å². The summed E-state index contributed by atoms with van der Waals surface area (Å²) in [4.78, 5) is 0. The summed E-state index contributed by atoms with van der Waals surface area (Å²) in [6.07, 6.45) is 2.65. The molecular weight excluding hydrogens is 202 g/mol. The molecule has 1 atom stereocenters. The standard InChI is InChI=1S/C12H21N3O/c1-4-15-10(3)12(9(2)14-15)16-11-6-5-7-13-8-11/h11,13H,4-8H2,1-3H3. The van der Waals surface area contributed by atoms with Gasteiger partial charge in [-0.05, 0) is 40.2 Å². The molecule has 1 saturated heterocycles. The average molecular weight is 223 g/mol. The Balaban J connectivity index is 2.10. The number of aryl methyl sites for hydroxylation is 2. The van der Waals surface area contributed by atoms with Crippen molar-refractivity contribution in [1.82, 2.24) is 15.1 Å². The molecule has 16 heavy (non-hydrogen) atoms. The number of hydrogen-bond donors (Lipinski definition) is 1. The fraction of sp³-hybridized carbons (Fsp3) is 0.750. The van der Waals surface area contributed by atoms with Crippen LogP contribution in [0, 0.1) is 13.8 Å². The smallest absolute Gasteiger partial charge is 0.163 e. The topological polar surface area (TPSA) is 39.1 Å². The van der Waals surface area contributed by atoms with Gasteiger partial charge >= 0.3 is 0 Å². The van der Waals surface area contributed by atoms with Crippen LogP contribution >= 0.6 is 0 Å². The summed E-state index contributed by atoms with van der Waals surface area (Å²) in [5, 5.41) is 7.83. The zero-order valence-corrected chi connectivity index (χ0v) is 10.4. The van der Waals surface area contributed by atoms with Crippen molar-refractivity contribution >= 4 is 0 Å². The van der Waals surface area contributed by atoms with Gasteiger partial charge in [0.1, 0.15) is 11.8 Å². The second kappa shape index (κ2) is 4.87. The fourth-order valence-corrected chi connectivity index (χ4v) is 2.25. The molecule has 1 aromatic heterocycles. The molecule has 0 aromatic carbocycles. The molecule has 1 aliphatic rings. The number of rotatable bonds is 3. The molecule has 4 nitrogen and oxygen atoms in total. The second-order valence-electron chi connectivity index (χ2n) is 4.40. The molecule has 1 fully saturated rings. The number of hydrogen-bond acceptors (Lipinski definition) is 3. The van der Waals surface area contributed by atoms with Crippen molar-refractivity contribution in [3.63, 3.8) is 0 Å². The lowest BCUT2D eigenvalue weighted by molar-refractivity contribution is 0.165. The van der Waals surface area contributed by atoms with E-state index < -0.39 is 0 Å². The molecule has 90 valence electrons. The highest BCUT2D eigenvalue weighted by molar-refractivity contribution is 5.32. The van der Waals surface area contributed by atoms with Gasteiger partial charge in [-0.15, -0.1) is 0 Å². The molecule has 1 unspecified atom stereocenters. The highest BCUT2D eigenvalue weighted by Crippen LogP contribution is 2.24. The molecule has 0 spiro atoms. The minimum Gasteiger partial charge on any atom is -0.485 e. The maximum Gasteiger partial charge on any atom is 0.163 e. The lowest BCUT2D eigenvalue weighted by Crippen LogP contribution is -2.37. The van der Waals surface area contributed by atoms with E-state index in [1.165, 1.54) is 6.42 Å². The zero-order chi connectivity index (χ0) is 11.5. The van der Waals surface area contributed by atoms with Crippen LogP contribution in [-0.2, 0) is 6.54 Å². The first-order chi connectivity index (χ1) is 7.72. The van der Waals surface area contributed by atoms with Gasteiger partial charge < -0.3 is 10.1 Å². The largest absolute Gasteiger partial charge is 0.485 e. The molecule has 2 heterocycles. The summed E-state index contributed by atoms with van der Waals surface area (Å²) >= 11 is 0. The third-order valence-corrected chi connectivity index (χ3v) is 3.15. The molecule has 4 heteroatoms. The van der Waals surface area contributed by atoms with Crippen molar-refractivity contribution in [3.8, 4) is 5.75 Å². The molecule has 0 saturated carbocycles. The van der Waals surface area contributed by atoms with Crippen LogP contribution in [0.25, 0.3) is 0 Å². The summed E-state index contributed by atoms with van der Waals surface area (Å²) in [6.45, 7) is 9.17. The van der Waals surface area contributed by atoms with E-state index >= 15 is 0 Å². The van der Waals surface area contributed by atoms with Crippen LogP contribution in [-0.4, -0.2) is 29.0 Å². The summed E-state index contributed by atoms with van der Waals surface area (Å²) in [6, 6.07) is 0. The lowest BCUT2D eigenvalue weighted by Gasteiger charge is -2.24. The minimum atomic E-state index is 0.306. The maximum absolute atomic E-state index is 6.05. The quantitative estimate of drug-likeness (QED) is 0.847. The van der Waals surface area contributed by atoms with Crippen molar-refractivity contribution in [2.24, 2.45) is 0 Å². The molecule has 1 aliphatic heterocycles. The van der Waals surface area contributed by atoms with Gasteiger partial charge in [0.2, 0.25) is 0 Å². The van der Waals surface area contributed by atoms with Crippen LogP contribution in [0.3, 0.4) is 0 Å². The Labute approximate surface area is 97.0 Å². The monoisotopic (exact) mass is 223 g/mol. The van der Waals surface area contributed by atoms with Gasteiger partial charge in [-0.2, -0.15) is 5.10 Å². The number of nitrogens with one attached hydrogen (secondary N) is 1. The van der Waals surface area contributed by atoms with Crippen molar-refractivity contribution < 1.29 is 4.74 Å². The minimum absolute atomic E-state index is 0.306. The first-order valence-electron chi connectivity index (χ1n) is 6.13. The molecule has 2 rings (SSSR count). The van der Waals surface area contributed by atoms with Gasteiger partial charge in [0.05, 0.1) is 5.69 Å². The maximum atomic E-state index is 6.05. The van der Waals surface area contributed by atoms with Crippen LogP contribution in [0.4, 0.5) is 0 Å². The highest BCUT2D eigenvalue weighted by Gasteiger charge is 2.19. The Hall–Kier alpha value is -1.03. The predicted octanol–water partition coefficient (Wildman–Crippen LogP) is 1.65. The molecule has 1 N–H and O–H groups in total. The average Bonchev–Trinajstić information content (AvgIpc) is 2.58. The van der Waals surface area contributed by atoms with Crippen LogP contribution in [0.5, 0.6) is 5.75 Å².